The van der Waals surface area contributed by atoms with Crippen LogP contribution in [0.2, 0.25) is 0 Å². The van der Waals surface area contributed by atoms with E-state index in [4.69, 9.17) is 9.52 Å². The summed E-state index contributed by atoms with van der Waals surface area (Å²) in [6.07, 6.45) is 2.09. The van der Waals surface area contributed by atoms with Crippen LogP contribution in [0.25, 0.3) is 0 Å². The van der Waals surface area contributed by atoms with E-state index in [1.54, 1.807) is 0 Å². The molecule has 0 amide bonds. The molecule has 1 atom stereocenters. The van der Waals surface area contributed by atoms with E-state index in [9.17, 15) is 13.2 Å². The zero-order chi connectivity index (χ0) is 10.1. The van der Waals surface area contributed by atoms with Gasteiger partial charge in [-0.1, -0.05) is 0 Å². The molecule has 0 aromatic carbocycles. The van der Waals surface area contributed by atoms with Crippen molar-refractivity contribution in [2.24, 2.45) is 0 Å². The number of hydrogen-bond acceptors (Lipinski definition) is 4. The first-order valence-electron chi connectivity index (χ1n) is 3.38. The lowest BCUT2D eigenvalue weighted by atomic mass is 10.3. The lowest BCUT2D eigenvalue weighted by molar-refractivity contribution is -0.136. The first kappa shape index (κ1) is 9.79. The summed E-state index contributed by atoms with van der Waals surface area (Å²) in [5.74, 6) is -1.51. The molecule has 5 nitrogen and oxygen atoms in total. The maximum atomic E-state index is 11.0. The molecule has 0 fully saturated rings. The first-order chi connectivity index (χ1) is 5.93. The maximum Gasteiger partial charge on any atom is 0.329 e. The average Bonchev–Trinajstić information content (AvgIpc) is 2.34. The number of aliphatic carboxylic acids is 1. The maximum absolute atomic E-state index is 11.0. The van der Waals surface area contributed by atoms with Gasteiger partial charge in [0.2, 0.25) is 5.25 Å². The SMILES string of the molecule is CS(=O)(=O)C(C(=O)O)c1ccco1. The molecule has 1 heterocycles. The van der Waals surface area contributed by atoms with Gasteiger partial charge in [-0.3, -0.25) is 4.79 Å². The van der Waals surface area contributed by atoms with E-state index < -0.39 is 21.1 Å². The Morgan fingerprint density at radius 1 is 1.62 bits per heavy atom. The van der Waals surface area contributed by atoms with Gasteiger partial charge in [0.15, 0.2) is 9.84 Å². The van der Waals surface area contributed by atoms with Crippen molar-refractivity contribution in [3.05, 3.63) is 24.2 Å². The van der Waals surface area contributed by atoms with Crippen LogP contribution in [0.1, 0.15) is 11.0 Å². The van der Waals surface area contributed by atoms with Crippen molar-refractivity contribution in [1.82, 2.24) is 0 Å². The van der Waals surface area contributed by atoms with Crippen LogP contribution in [0.3, 0.4) is 0 Å². The van der Waals surface area contributed by atoms with Crippen molar-refractivity contribution in [3.8, 4) is 0 Å². The van der Waals surface area contributed by atoms with Gasteiger partial charge in [0.05, 0.1) is 6.26 Å². The Labute approximate surface area is 74.9 Å². The molecule has 0 aliphatic rings. The number of carboxylic acids is 1. The highest BCUT2D eigenvalue weighted by Gasteiger charge is 2.32. The summed E-state index contributed by atoms with van der Waals surface area (Å²) < 4.78 is 26.8. The number of furan rings is 1. The molecule has 6 heteroatoms. The Balaban J connectivity index is 3.17. The van der Waals surface area contributed by atoms with Crippen LogP contribution in [0.5, 0.6) is 0 Å². The molecule has 13 heavy (non-hydrogen) atoms. The zero-order valence-corrected chi connectivity index (χ0v) is 7.61. The van der Waals surface area contributed by atoms with Gasteiger partial charge in [-0.05, 0) is 12.1 Å². The van der Waals surface area contributed by atoms with Gasteiger partial charge in [0, 0.05) is 6.26 Å². The summed E-state index contributed by atoms with van der Waals surface area (Å²) in [4.78, 5) is 10.6. The fourth-order valence-electron chi connectivity index (χ4n) is 0.956. The van der Waals surface area contributed by atoms with Crippen LogP contribution in [0.15, 0.2) is 22.8 Å². The molecule has 1 aromatic heterocycles. The van der Waals surface area contributed by atoms with Crippen molar-refractivity contribution >= 4 is 15.8 Å². The molecule has 0 spiro atoms. The minimum Gasteiger partial charge on any atom is -0.480 e. The molecule has 0 aliphatic heterocycles. The van der Waals surface area contributed by atoms with E-state index in [2.05, 4.69) is 0 Å². The normalized spacial score (nSPS) is 13.9. The molecular weight excluding hydrogens is 196 g/mol. The third-order valence-corrected chi connectivity index (χ3v) is 2.74. The molecule has 0 bridgehead atoms. The highest BCUT2D eigenvalue weighted by molar-refractivity contribution is 7.91. The number of carbonyl (C=O) groups is 1. The van der Waals surface area contributed by atoms with E-state index in [1.165, 1.54) is 18.4 Å². The van der Waals surface area contributed by atoms with Crippen LogP contribution < -0.4 is 0 Å². The number of rotatable bonds is 3. The summed E-state index contributed by atoms with van der Waals surface area (Å²) in [5.41, 5.74) is 0. The topological polar surface area (TPSA) is 84.6 Å². The van der Waals surface area contributed by atoms with Crippen LogP contribution in [-0.2, 0) is 14.6 Å². The van der Waals surface area contributed by atoms with Crippen molar-refractivity contribution in [1.29, 1.82) is 0 Å². The van der Waals surface area contributed by atoms with Gasteiger partial charge in [0.25, 0.3) is 0 Å². The monoisotopic (exact) mass is 204 g/mol. The quantitative estimate of drug-likeness (QED) is 0.772. The van der Waals surface area contributed by atoms with Gasteiger partial charge in [-0.2, -0.15) is 0 Å². The summed E-state index contributed by atoms with van der Waals surface area (Å²) in [7, 11) is -3.68. The second-order valence-corrected chi connectivity index (χ2v) is 4.69. The number of hydrogen-bond donors (Lipinski definition) is 1. The lowest BCUT2D eigenvalue weighted by Crippen LogP contribution is -2.20. The summed E-state index contributed by atoms with van der Waals surface area (Å²) in [6.45, 7) is 0. The Morgan fingerprint density at radius 3 is 2.54 bits per heavy atom. The van der Waals surface area contributed by atoms with Crippen LogP contribution in [0, 0.1) is 0 Å². The molecule has 0 saturated carbocycles. The molecule has 0 radical (unpaired) electrons. The van der Waals surface area contributed by atoms with Gasteiger partial charge < -0.3 is 9.52 Å². The highest BCUT2D eigenvalue weighted by Crippen LogP contribution is 2.21. The highest BCUT2D eigenvalue weighted by atomic mass is 32.2. The van der Waals surface area contributed by atoms with Gasteiger partial charge >= 0.3 is 5.97 Å². The van der Waals surface area contributed by atoms with E-state index >= 15 is 0 Å². The van der Waals surface area contributed by atoms with Gasteiger partial charge in [-0.25, -0.2) is 8.42 Å². The smallest absolute Gasteiger partial charge is 0.329 e. The minimum atomic E-state index is -3.68. The van der Waals surface area contributed by atoms with E-state index in [1.807, 2.05) is 0 Å². The third kappa shape index (κ3) is 2.09. The predicted molar refractivity (Wildman–Crippen MR) is 43.9 cm³/mol. The van der Waals surface area contributed by atoms with Crippen molar-refractivity contribution < 1.29 is 22.7 Å². The summed E-state index contributed by atoms with van der Waals surface area (Å²) in [6, 6.07) is 2.76. The Morgan fingerprint density at radius 2 is 2.23 bits per heavy atom. The van der Waals surface area contributed by atoms with Gasteiger partial charge in [-0.15, -0.1) is 0 Å². The third-order valence-electron chi connectivity index (χ3n) is 1.45. The fourth-order valence-corrected chi connectivity index (χ4v) is 1.88. The molecular formula is C7H8O5S. The Hall–Kier alpha value is -1.30. The lowest BCUT2D eigenvalue weighted by Gasteiger charge is -2.05. The second kappa shape index (κ2) is 3.21. The molecule has 1 aromatic rings. The Bertz CT molecular complexity index is 389. The van der Waals surface area contributed by atoms with Crippen molar-refractivity contribution in [3.63, 3.8) is 0 Å². The van der Waals surface area contributed by atoms with Crippen molar-refractivity contribution in [2.45, 2.75) is 5.25 Å². The molecule has 1 N–H and O–H groups in total. The number of carboxylic acid groups (broad SMARTS) is 1. The first-order valence-corrected chi connectivity index (χ1v) is 5.33. The van der Waals surface area contributed by atoms with Crippen molar-refractivity contribution in [2.75, 3.05) is 6.26 Å². The van der Waals surface area contributed by atoms with E-state index in [0.717, 1.165) is 6.26 Å². The molecule has 1 unspecified atom stereocenters. The minimum absolute atomic E-state index is 0.0741. The average molecular weight is 204 g/mol. The summed E-state index contributed by atoms with van der Waals surface area (Å²) in [5, 5.41) is 7.03. The van der Waals surface area contributed by atoms with Crippen LogP contribution >= 0.6 is 0 Å². The van der Waals surface area contributed by atoms with Crippen LogP contribution in [0.4, 0.5) is 0 Å². The van der Waals surface area contributed by atoms with Crippen LogP contribution in [-0.4, -0.2) is 25.7 Å². The zero-order valence-electron chi connectivity index (χ0n) is 6.80. The molecule has 72 valence electrons. The Kier molecular flexibility index (Phi) is 2.42. The molecule has 0 aliphatic carbocycles. The second-order valence-electron chi connectivity index (χ2n) is 2.56. The standard InChI is InChI=1S/C7H8O5S/c1-13(10,11)6(7(8)9)5-3-2-4-12-5/h2-4,6H,1H3,(H,8,9). The van der Waals surface area contributed by atoms with E-state index in [0.29, 0.717) is 0 Å². The number of sulfone groups is 1. The largest absolute Gasteiger partial charge is 0.480 e. The van der Waals surface area contributed by atoms with E-state index in [-0.39, 0.29) is 5.76 Å². The van der Waals surface area contributed by atoms with Gasteiger partial charge in [0.1, 0.15) is 5.76 Å². The fraction of sp³-hybridized carbons (Fsp3) is 0.286. The molecule has 0 saturated heterocycles. The predicted octanol–water partition coefficient (Wildman–Crippen LogP) is 0.450. The summed E-state index contributed by atoms with van der Waals surface area (Å²) >= 11 is 0. The molecule has 1 rings (SSSR count).